The highest BCUT2D eigenvalue weighted by molar-refractivity contribution is 5.93. The second kappa shape index (κ2) is 3.99. The number of hydrogen-bond donors (Lipinski definition) is 0. The maximum atomic E-state index is 11.0. The summed E-state index contributed by atoms with van der Waals surface area (Å²) < 4.78 is 2.09. The lowest BCUT2D eigenvalue weighted by Gasteiger charge is -2.17. The topological polar surface area (TPSA) is 22.0 Å². The Balaban J connectivity index is 2.56. The summed E-state index contributed by atoms with van der Waals surface area (Å²) in [7, 11) is 0. The van der Waals surface area contributed by atoms with Crippen LogP contribution in [0, 0.1) is 5.41 Å². The highest BCUT2D eigenvalue weighted by Crippen LogP contribution is 2.19. The van der Waals surface area contributed by atoms with Gasteiger partial charge in [-0.1, -0.05) is 20.8 Å². The van der Waals surface area contributed by atoms with E-state index in [1.807, 2.05) is 18.5 Å². The molecule has 0 N–H and O–H groups in total. The Morgan fingerprint density at radius 3 is 2.50 bits per heavy atom. The van der Waals surface area contributed by atoms with Crippen LogP contribution in [0.3, 0.4) is 0 Å². The first-order valence-corrected chi connectivity index (χ1v) is 5.05. The normalized spacial score (nSPS) is 11.7. The predicted octanol–water partition coefficient (Wildman–Crippen LogP) is 3.13. The number of aryl methyl sites for hydroxylation is 1. The lowest BCUT2D eigenvalue weighted by molar-refractivity contribution is 0.101. The van der Waals surface area contributed by atoms with E-state index in [0.29, 0.717) is 5.41 Å². The first-order chi connectivity index (χ1) is 6.38. The second-order valence-electron chi connectivity index (χ2n) is 5.00. The van der Waals surface area contributed by atoms with E-state index in [9.17, 15) is 4.79 Å². The van der Waals surface area contributed by atoms with Crippen molar-refractivity contribution in [1.82, 2.24) is 4.57 Å². The van der Waals surface area contributed by atoms with Crippen molar-refractivity contribution in [2.24, 2.45) is 5.41 Å². The highest BCUT2D eigenvalue weighted by atomic mass is 16.1. The summed E-state index contributed by atoms with van der Waals surface area (Å²) in [6.45, 7) is 9.26. The van der Waals surface area contributed by atoms with Crippen molar-refractivity contribution in [2.75, 3.05) is 0 Å². The van der Waals surface area contributed by atoms with Gasteiger partial charge in [-0.05, 0) is 24.8 Å². The van der Waals surface area contributed by atoms with Gasteiger partial charge in [0.25, 0.3) is 0 Å². The molecule has 0 atom stereocenters. The molecular weight excluding hydrogens is 174 g/mol. The molecule has 1 aromatic heterocycles. The lowest BCUT2D eigenvalue weighted by Crippen LogP contribution is -2.09. The molecule has 1 aromatic rings. The summed E-state index contributed by atoms with van der Waals surface area (Å²) in [5.41, 5.74) is 1.15. The standard InChI is InChI=1S/C12H19NO/c1-10(14)11-5-7-13(9-11)8-6-12(2,3)4/h5,7,9H,6,8H2,1-4H3. The van der Waals surface area contributed by atoms with Crippen LogP contribution in [0.4, 0.5) is 0 Å². The molecule has 78 valence electrons. The number of hydrogen-bond acceptors (Lipinski definition) is 1. The van der Waals surface area contributed by atoms with Gasteiger partial charge in [0, 0.05) is 24.5 Å². The third kappa shape index (κ3) is 3.36. The van der Waals surface area contributed by atoms with Crippen LogP contribution in [-0.4, -0.2) is 10.4 Å². The fraction of sp³-hybridized carbons (Fsp3) is 0.583. The SMILES string of the molecule is CC(=O)c1ccn(CCC(C)(C)C)c1. The van der Waals surface area contributed by atoms with Crippen LogP contribution in [0.25, 0.3) is 0 Å². The van der Waals surface area contributed by atoms with Crippen LogP contribution in [0.2, 0.25) is 0 Å². The van der Waals surface area contributed by atoms with E-state index < -0.39 is 0 Å². The van der Waals surface area contributed by atoms with Crippen molar-refractivity contribution in [1.29, 1.82) is 0 Å². The van der Waals surface area contributed by atoms with E-state index >= 15 is 0 Å². The fourth-order valence-corrected chi connectivity index (χ4v) is 1.25. The van der Waals surface area contributed by atoms with Gasteiger partial charge in [0.2, 0.25) is 0 Å². The minimum absolute atomic E-state index is 0.138. The minimum Gasteiger partial charge on any atom is -0.353 e. The molecule has 2 nitrogen and oxygen atoms in total. The van der Waals surface area contributed by atoms with Crippen LogP contribution in [-0.2, 0) is 6.54 Å². The highest BCUT2D eigenvalue weighted by Gasteiger charge is 2.10. The van der Waals surface area contributed by atoms with E-state index in [2.05, 4.69) is 25.3 Å². The summed E-state index contributed by atoms with van der Waals surface area (Å²) in [6, 6.07) is 1.88. The fourth-order valence-electron chi connectivity index (χ4n) is 1.25. The number of ketones is 1. The number of carbonyl (C=O) groups excluding carboxylic acids is 1. The number of carbonyl (C=O) groups is 1. The third-order valence-corrected chi connectivity index (χ3v) is 2.28. The summed E-state index contributed by atoms with van der Waals surface area (Å²) in [6.07, 6.45) is 5.02. The molecule has 2 heteroatoms. The zero-order chi connectivity index (χ0) is 10.8. The second-order valence-corrected chi connectivity index (χ2v) is 5.00. The van der Waals surface area contributed by atoms with Gasteiger partial charge in [-0.25, -0.2) is 0 Å². The number of nitrogens with zero attached hydrogens (tertiary/aromatic N) is 1. The molecule has 1 heterocycles. The van der Waals surface area contributed by atoms with Crippen LogP contribution < -0.4 is 0 Å². The monoisotopic (exact) mass is 193 g/mol. The van der Waals surface area contributed by atoms with Crippen molar-refractivity contribution in [3.63, 3.8) is 0 Å². The Morgan fingerprint density at radius 1 is 1.43 bits per heavy atom. The molecule has 0 spiro atoms. The number of rotatable bonds is 3. The van der Waals surface area contributed by atoms with Gasteiger partial charge >= 0.3 is 0 Å². The summed E-state index contributed by atoms with van der Waals surface area (Å²) in [5, 5.41) is 0. The minimum atomic E-state index is 0.138. The van der Waals surface area contributed by atoms with Gasteiger partial charge in [0.05, 0.1) is 0 Å². The molecule has 0 radical (unpaired) electrons. The van der Waals surface area contributed by atoms with Gasteiger partial charge in [0.15, 0.2) is 5.78 Å². The Labute approximate surface area is 85.9 Å². The largest absolute Gasteiger partial charge is 0.353 e. The molecule has 0 aromatic carbocycles. The first-order valence-electron chi connectivity index (χ1n) is 5.05. The summed E-state index contributed by atoms with van der Waals surface area (Å²) >= 11 is 0. The molecular formula is C12H19NO. The van der Waals surface area contributed by atoms with Crippen LogP contribution in [0.1, 0.15) is 44.5 Å². The van der Waals surface area contributed by atoms with E-state index in [1.54, 1.807) is 6.92 Å². The van der Waals surface area contributed by atoms with Gasteiger partial charge in [0.1, 0.15) is 0 Å². The zero-order valence-corrected chi connectivity index (χ0v) is 9.50. The maximum absolute atomic E-state index is 11.0. The third-order valence-electron chi connectivity index (χ3n) is 2.28. The average Bonchev–Trinajstić information content (AvgIpc) is 2.47. The quantitative estimate of drug-likeness (QED) is 0.676. The molecule has 0 unspecified atom stereocenters. The molecule has 0 aliphatic rings. The Kier molecular flexibility index (Phi) is 3.14. The molecule has 0 aliphatic carbocycles. The lowest BCUT2D eigenvalue weighted by atomic mass is 9.92. The predicted molar refractivity (Wildman–Crippen MR) is 58.5 cm³/mol. The average molecular weight is 193 g/mol. The maximum Gasteiger partial charge on any atom is 0.161 e. The van der Waals surface area contributed by atoms with E-state index in [4.69, 9.17) is 0 Å². The number of Topliss-reactive ketones (excluding diaryl/α,β-unsaturated/α-hetero) is 1. The molecule has 1 rings (SSSR count). The van der Waals surface area contributed by atoms with E-state index in [0.717, 1.165) is 18.5 Å². The van der Waals surface area contributed by atoms with Gasteiger partial charge in [-0.2, -0.15) is 0 Å². The zero-order valence-electron chi connectivity index (χ0n) is 9.50. The van der Waals surface area contributed by atoms with Crippen molar-refractivity contribution in [2.45, 2.75) is 40.7 Å². The molecule has 14 heavy (non-hydrogen) atoms. The van der Waals surface area contributed by atoms with Gasteiger partial charge < -0.3 is 4.57 Å². The molecule has 0 bridgehead atoms. The van der Waals surface area contributed by atoms with Crippen LogP contribution in [0.15, 0.2) is 18.5 Å². The van der Waals surface area contributed by atoms with Crippen LogP contribution >= 0.6 is 0 Å². The molecule has 0 saturated heterocycles. The molecule has 0 amide bonds. The first kappa shape index (κ1) is 11.0. The Morgan fingerprint density at radius 2 is 2.07 bits per heavy atom. The van der Waals surface area contributed by atoms with Crippen molar-refractivity contribution in [3.8, 4) is 0 Å². The van der Waals surface area contributed by atoms with Gasteiger partial charge in [-0.15, -0.1) is 0 Å². The Bertz CT molecular complexity index is 317. The Hall–Kier alpha value is -1.05. The summed E-state index contributed by atoms with van der Waals surface area (Å²) in [4.78, 5) is 11.0. The van der Waals surface area contributed by atoms with E-state index in [1.165, 1.54) is 0 Å². The van der Waals surface area contributed by atoms with Crippen molar-refractivity contribution < 1.29 is 4.79 Å². The van der Waals surface area contributed by atoms with E-state index in [-0.39, 0.29) is 5.78 Å². The van der Waals surface area contributed by atoms with Crippen molar-refractivity contribution >= 4 is 5.78 Å². The molecule has 0 aliphatic heterocycles. The van der Waals surface area contributed by atoms with Gasteiger partial charge in [-0.3, -0.25) is 4.79 Å². The molecule has 0 saturated carbocycles. The van der Waals surface area contributed by atoms with Crippen molar-refractivity contribution in [3.05, 3.63) is 24.0 Å². The van der Waals surface area contributed by atoms with Crippen LogP contribution in [0.5, 0.6) is 0 Å². The molecule has 0 fully saturated rings. The summed E-state index contributed by atoms with van der Waals surface area (Å²) in [5.74, 6) is 0.138. The smallest absolute Gasteiger partial charge is 0.161 e. The number of aromatic nitrogens is 1.